The number of carbonyl (C=O) groups excluding carboxylic acids is 2. The van der Waals surface area contributed by atoms with Gasteiger partial charge in [-0.15, -0.1) is 11.3 Å². The standard InChI is InChI=1S/C27H23ClN2O4S/c1-29-15-17(18-6-3-4-7-20(18)29)11-12-30-24(22-8-5-13-35-22)23(26(32)27(30)33)25(31)16-9-10-21(34-2)19(28)14-16/h3-10,13-15,24,31H,11-12H2,1-2H3/b25-23-. The van der Waals surface area contributed by atoms with Crippen molar-refractivity contribution in [3.05, 3.63) is 92.8 Å². The van der Waals surface area contributed by atoms with Crippen LogP contribution in [0.3, 0.4) is 0 Å². The summed E-state index contributed by atoms with van der Waals surface area (Å²) in [5, 5.41) is 14.5. The highest BCUT2D eigenvalue weighted by Crippen LogP contribution is 2.42. The van der Waals surface area contributed by atoms with Gasteiger partial charge in [-0.2, -0.15) is 0 Å². The van der Waals surface area contributed by atoms with E-state index in [0.717, 1.165) is 21.3 Å². The zero-order chi connectivity index (χ0) is 24.7. The van der Waals surface area contributed by atoms with Crippen LogP contribution in [0.1, 0.15) is 22.0 Å². The van der Waals surface area contributed by atoms with Crippen molar-refractivity contribution < 1.29 is 19.4 Å². The van der Waals surface area contributed by atoms with Crippen molar-refractivity contribution in [1.29, 1.82) is 0 Å². The van der Waals surface area contributed by atoms with Gasteiger partial charge < -0.3 is 19.3 Å². The fourth-order valence-corrected chi connectivity index (χ4v) is 5.79. The molecule has 1 unspecified atom stereocenters. The molecule has 0 radical (unpaired) electrons. The van der Waals surface area contributed by atoms with Gasteiger partial charge in [-0.25, -0.2) is 0 Å². The van der Waals surface area contributed by atoms with Crippen LogP contribution in [-0.2, 0) is 23.1 Å². The molecule has 2 aromatic heterocycles. The van der Waals surface area contributed by atoms with E-state index in [-0.39, 0.29) is 11.3 Å². The molecule has 1 atom stereocenters. The van der Waals surface area contributed by atoms with E-state index < -0.39 is 17.7 Å². The molecule has 2 aromatic carbocycles. The van der Waals surface area contributed by atoms with Crippen LogP contribution in [0.4, 0.5) is 0 Å². The molecule has 6 nitrogen and oxygen atoms in total. The normalized spacial score (nSPS) is 17.5. The minimum Gasteiger partial charge on any atom is -0.507 e. The number of halogens is 1. The number of ether oxygens (including phenoxy) is 1. The first-order valence-corrected chi connectivity index (χ1v) is 12.3. The Bertz CT molecular complexity index is 1470. The number of Topliss-reactive ketones (excluding diaryl/α,β-unsaturated/α-hetero) is 1. The van der Waals surface area contributed by atoms with Gasteiger partial charge in [-0.05, 0) is 47.7 Å². The second-order valence-corrected chi connectivity index (χ2v) is 9.78. The Labute approximate surface area is 211 Å². The largest absolute Gasteiger partial charge is 0.507 e. The molecule has 1 fully saturated rings. The number of hydrogen-bond acceptors (Lipinski definition) is 5. The lowest BCUT2D eigenvalue weighted by atomic mass is 9.99. The Morgan fingerprint density at radius 1 is 1.14 bits per heavy atom. The lowest BCUT2D eigenvalue weighted by molar-refractivity contribution is -0.139. The van der Waals surface area contributed by atoms with E-state index in [2.05, 4.69) is 22.9 Å². The van der Waals surface area contributed by atoms with E-state index in [4.69, 9.17) is 16.3 Å². The van der Waals surface area contributed by atoms with Crippen molar-refractivity contribution in [2.24, 2.45) is 7.05 Å². The summed E-state index contributed by atoms with van der Waals surface area (Å²) in [6.07, 6.45) is 2.63. The Hall–Kier alpha value is -3.55. The summed E-state index contributed by atoms with van der Waals surface area (Å²) in [6, 6.07) is 15.9. The van der Waals surface area contributed by atoms with Gasteiger partial charge >= 0.3 is 0 Å². The molecule has 0 bridgehead atoms. The van der Waals surface area contributed by atoms with E-state index in [9.17, 15) is 14.7 Å². The molecule has 1 aliphatic rings. The lowest BCUT2D eigenvalue weighted by Gasteiger charge is -2.24. The van der Waals surface area contributed by atoms with E-state index in [0.29, 0.717) is 29.3 Å². The molecule has 1 amide bonds. The Kier molecular flexibility index (Phi) is 6.13. The van der Waals surface area contributed by atoms with E-state index in [1.54, 1.807) is 17.0 Å². The predicted molar refractivity (Wildman–Crippen MR) is 138 cm³/mol. The summed E-state index contributed by atoms with van der Waals surface area (Å²) in [6.45, 7) is 0.335. The third kappa shape index (κ3) is 4.00. The maximum atomic E-state index is 13.2. The molecule has 0 saturated carbocycles. The van der Waals surface area contributed by atoms with Crippen molar-refractivity contribution >= 4 is 51.3 Å². The molecule has 178 valence electrons. The number of thiophene rings is 1. The highest BCUT2D eigenvalue weighted by Gasteiger charge is 2.46. The van der Waals surface area contributed by atoms with E-state index in [1.807, 2.05) is 36.7 Å². The summed E-state index contributed by atoms with van der Waals surface area (Å²) >= 11 is 7.70. The number of aliphatic hydroxyl groups is 1. The minimum atomic E-state index is -0.703. The summed E-state index contributed by atoms with van der Waals surface area (Å²) in [7, 11) is 3.49. The number of hydrogen-bond donors (Lipinski definition) is 1. The van der Waals surface area contributed by atoms with Crippen molar-refractivity contribution in [3.8, 4) is 5.75 Å². The highest BCUT2D eigenvalue weighted by atomic mass is 35.5. The topological polar surface area (TPSA) is 71.8 Å². The van der Waals surface area contributed by atoms with Gasteiger partial charge in [0.1, 0.15) is 11.5 Å². The molecule has 1 aliphatic heterocycles. The van der Waals surface area contributed by atoms with Crippen molar-refractivity contribution in [1.82, 2.24) is 9.47 Å². The van der Waals surface area contributed by atoms with Crippen LogP contribution >= 0.6 is 22.9 Å². The van der Waals surface area contributed by atoms with Crippen molar-refractivity contribution in [2.45, 2.75) is 12.5 Å². The molecule has 0 spiro atoms. The maximum absolute atomic E-state index is 13.2. The zero-order valence-electron chi connectivity index (χ0n) is 19.2. The first-order chi connectivity index (χ1) is 16.9. The number of ketones is 1. The number of amides is 1. The molecule has 1 N–H and O–H groups in total. The van der Waals surface area contributed by atoms with Crippen molar-refractivity contribution in [3.63, 3.8) is 0 Å². The number of methoxy groups -OCH3 is 1. The molecule has 8 heteroatoms. The Morgan fingerprint density at radius 2 is 1.94 bits per heavy atom. The fourth-order valence-electron chi connectivity index (χ4n) is 4.69. The lowest BCUT2D eigenvalue weighted by Crippen LogP contribution is -2.31. The number of likely N-dealkylation sites (tertiary alicyclic amines) is 1. The molecule has 1 saturated heterocycles. The predicted octanol–water partition coefficient (Wildman–Crippen LogP) is 5.57. The molecular weight excluding hydrogens is 484 g/mol. The smallest absolute Gasteiger partial charge is 0.295 e. The number of fused-ring (bicyclic) bond motifs is 1. The first-order valence-electron chi connectivity index (χ1n) is 11.1. The summed E-state index contributed by atoms with van der Waals surface area (Å²) in [5.74, 6) is -1.12. The minimum absolute atomic E-state index is 0.0663. The number of aromatic nitrogens is 1. The number of aliphatic hydroxyl groups excluding tert-OH is 1. The van der Waals surface area contributed by atoms with Crippen LogP contribution in [0.2, 0.25) is 5.02 Å². The van der Waals surface area contributed by atoms with Gasteiger partial charge in [-0.3, -0.25) is 9.59 Å². The quantitative estimate of drug-likeness (QED) is 0.211. The zero-order valence-corrected chi connectivity index (χ0v) is 20.8. The highest BCUT2D eigenvalue weighted by molar-refractivity contribution is 7.10. The van der Waals surface area contributed by atoms with E-state index >= 15 is 0 Å². The molecule has 3 heterocycles. The molecular formula is C27H23ClN2O4S. The monoisotopic (exact) mass is 506 g/mol. The van der Waals surface area contributed by atoms with Crippen LogP contribution in [-0.4, -0.2) is 39.9 Å². The van der Waals surface area contributed by atoms with Crippen LogP contribution in [0.15, 0.2) is 71.7 Å². The van der Waals surface area contributed by atoms with Crippen LogP contribution in [0.5, 0.6) is 5.75 Å². The van der Waals surface area contributed by atoms with Gasteiger partial charge in [0.15, 0.2) is 0 Å². The first kappa shape index (κ1) is 23.2. The summed E-state index contributed by atoms with van der Waals surface area (Å²) in [5.41, 5.74) is 2.62. The molecule has 5 rings (SSSR count). The van der Waals surface area contributed by atoms with Crippen LogP contribution in [0, 0.1) is 0 Å². The maximum Gasteiger partial charge on any atom is 0.295 e. The number of aryl methyl sites for hydroxylation is 1. The number of nitrogens with zero attached hydrogens (tertiary/aromatic N) is 2. The Balaban J connectivity index is 1.54. The second kappa shape index (κ2) is 9.24. The van der Waals surface area contributed by atoms with Gasteiger partial charge in [0.2, 0.25) is 0 Å². The van der Waals surface area contributed by atoms with Gasteiger partial charge in [-0.1, -0.05) is 35.9 Å². The van der Waals surface area contributed by atoms with E-state index in [1.165, 1.54) is 24.5 Å². The number of para-hydroxylation sites is 1. The average molecular weight is 507 g/mol. The third-order valence-electron chi connectivity index (χ3n) is 6.38. The SMILES string of the molecule is COc1ccc(/C(O)=C2/C(=O)C(=O)N(CCc3cn(C)c4ccccc34)C2c2cccs2)cc1Cl. The second-order valence-electron chi connectivity index (χ2n) is 8.39. The van der Waals surface area contributed by atoms with Crippen LogP contribution < -0.4 is 4.74 Å². The van der Waals surface area contributed by atoms with Gasteiger partial charge in [0.05, 0.1) is 23.7 Å². The number of rotatable bonds is 6. The summed E-state index contributed by atoms with van der Waals surface area (Å²) < 4.78 is 7.25. The summed E-state index contributed by atoms with van der Waals surface area (Å²) in [4.78, 5) is 28.8. The molecule has 35 heavy (non-hydrogen) atoms. The Morgan fingerprint density at radius 3 is 2.66 bits per heavy atom. The molecule has 0 aliphatic carbocycles. The number of carbonyl (C=O) groups is 2. The molecule has 4 aromatic rings. The average Bonchev–Trinajstić information content (AvgIpc) is 3.56. The fraction of sp³-hybridized carbons (Fsp3) is 0.185. The number of benzene rings is 2. The van der Waals surface area contributed by atoms with Crippen LogP contribution in [0.25, 0.3) is 16.7 Å². The van der Waals surface area contributed by atoms with Gasteiger partial charge in [0, 0.05) is 41.1 Å². The van der Waals surface area contributed by atoms with Crippen molar-refractivity contribution in [2.75, 3.05) is 13.7 Å². The van der Waals surface area contributed by atoms with Gasteiger partial charge in [0.25, 0.3) is 11.7 Å². The third-order valence-corrected chi connectivity index (χ3v) is 7.60.